The molecule has 1 aliphatic heterocycles. The van der Waals surface area contributed by atoms with Gasteiger partial charge in [-0.25, -0.2) is 0 Å². The smallest absolute Gasteiger partial charge is 0.271 e. The number of aromatic amines is 1. The molecule has 0 bridgehead atoms. The number of aromatic nitrogens is 3. The lowest BCUT2D eigenvalue weighted by Gasteiger charge is -2.33. The molecule has 0 aromatic carbocycles. The van der Waals surface area contributed by atoms with Crippen molar-refractivity contribution in [1.29, 1.82) is 0 Å². The lowest BCUT2D eigenvalue weighted by atomic mass is 9.87. The van der Waals surface area contributed by atoms with E-state index in [-0.39, 0.29) is 17.7 Å². The van der Waals surface area contributed by atoms with Crippen molar-refractivity contribution in [2.45, 2.75) is 51.5 Å². The fourth-order valence-corrected chi connectivity index (χ4v) is 4.35. The van der Waals surface area contributed by atoms with Gasteiger partial charge in [0.25, 0.3) is 5.91 Å². The summed E-state index contributed by atoms with van der Waals surface area (Å²) in [5.41, 5.74) is 1.81. The van der Waals surface area contributed by atoms with Gasteiger partial charge in [0, 0.05) is 25.3 Å². The highest BCUT2D eigenvalue weighted by Gasteiger charge is 2.31. The molecule has 0 spiro atoms. The number of amides is 2. The standard InChI is InChI=1S/C22H29N5O2/c1-15-7-9-17(10-8-15)24-21(28)16-5-4-12-27(14-16)22(29)20-13-19(25-26-20)18-6-2-3-11-23-18/h2-3,6,11,13,15-17H,4-5,7-10,12,14H2,1H3,(H,24,28)(H,25,26)/t15?,16-,17?/m0/s1. The molecule has 2 aliphatic rings. The highest BCUT2D eigenvalue weighted by molar-refractivity contribution is 5.93. The quantitative estimate of drug-likeness (QED) is 0.832. The average Bonchev–Trinajstić information content (AvgIpc) is 3.26. The van der Waals surface area contributed by atoms with Gasteiger partial charge in [-0.2, -0.15) is 5.10 Å². The SMILES string of the molecule is CC1CCC(NC(=O)[C@H]2CCCN(C(=O)c3cc(-c4ccccn4)n[nH]3)C2)CC1. The van der Waals surface area contributed by atoms with E-state index < -0.39 is 0 Å². The highest BCUT2D eigenvalue weighted by atomic mass is 16.2. The van der Waals surface area contributed by atoms with Crippen LogP contribution in [0.25, 0.3) is 11.4 Å². The van der Waals surface area contributed by atoms with Crippen LogP contribution >= 0.6 is 0 Å². The molecular formula is C22H29N5O2. The molecule has 29 heavy (non-hydrogen) atoms. The predicted octanol–water partition coefficient (Wildman–Crippen LogP) is 3.02. The minimum atomic E-state index is -0.134. The summed E-state index contributed by atoms with van der Waals surface area (Å²) in [5.74, 6) is 0.617. The molecule has 0 radical (unpaired) electrons. The molecule has 2 N–H and O–H groups in total. The van der Waals surface area contributed by atoms with E-state index in [0.29, 0.717) is 30.5 Å². The first-order chi connectivity index (χ1) is 14.1. The van der Waals surface area contributed by atoms with Crippen LogP contribution in [0.2, 0.25) is 0 Å². The van der Waals surface area contributed by atoms with Gasteiger partial charge in [-0.15, -0.1) is 0 Å². The van der Waals surface area contributed by atoms with Gasteiger partial charge in [0.05, 0.1) is 11.6 Å². The Morgan fingerprint density at radius 3 is 2.72 bits per heavy atom. The van der Waals surface area contributed by atoms with Gasteiger partial charge in [-0.3, -0.25) is 19.7 Å². The van der Waals surface area contributed by atoms with Crippen molar-refractivity contribution in [1.82, 2.24) is 25.4 Å². The van der Waals surface area contributed by atoms with Crippen molar-refractivity contribution in [3.8, 4) is 11.4 Å². The topological polar surface area (TPSA) is 91.0 Å². The number of hydrogen-bond donors (Lipinski definition) is 2. The lowest BCUT2D eigenvalue weighted by Crippen LogP contribution is -2.48. The van der Waals surface area contributed by atoms with Gasteiger partial charge in [0.2, 0.25) is 5.91 Å². The third-order valence-corrected chi connectivity index (χ3v) is 6.18. The van der Waals surface area contributed by atoms with Crippen LogP contribution in [0.4, 0.5) is 0 Å². The summed E-state index contributed by atoms with van der Waals surface area (Å²) in [6.45, 7) is 3.41. The number of piperidine rings is 1. The Bertz CT molecular complexity index is 842. The van der Waals surface area contributed by atoms with E-state index in [4.69, 9.17) is 0 Å². The first-order valence-electron chi connectivity index (χ1n) is 10.7. The maximum Gasteiger partial charge on any atom is 0.271 e. The monoisotopic (exact) mass is 395 g/mol. The summed E-state index contributed by atoms with van der Waals surface area (Å²) in [6, 6.07) is 7.61. The number of hydrogen-bond acceptors (Lipinski definition) is 4. The van der Waals surface area contributed by atoms with Crippen LogP contribution < -0.4 is 5.32 Å². The molecule has 7 heteroatoms. The van der Waals surface area contributed by atoms with Crippen LogP contribution in [0.1, 0.15) is 55.9 Å². The summed E-state index contributed by atoms with van der Waals surface area (Å²) in [5, 5.41) is 10.3. The summed E-state index contributed by atoms with van der Waals surface area (Å²) >= 11 is 0. The van der Waals surface area contributed by atoms with E-state index in [1.807, 2.05) is 18.2 Å². The Labute approximate surface area is 171 Å². The summed E-state index contributed by atoms with van der Waals surface area (Å²) in [4.78, 5) is 31.7. The molecule has 3 heterocycles. The first-order valence-corrected chi connectivity index (χ1v) is 10.7. The molecule has 1 atom stereocenters. The molecule has 154 valence electrons. The molecule has 2 aromatic heterocycles. The Morgan fingerprint density at radius 1 is 1.14 bits per heavy atom. The molecule has 0 unspecified atom stereocenters. The van der Waals surface area contributed by atoms with Crippen LogP contribution in [0.15, 0.2) is 30.5 Å². The van der Waals surface area contributed by atoms with Gasteiger partial charge < -0.3 is 10.2 Å². The van der Waals surface area contributed by atoms with E-state index in [0.717, 1.165) is 37.3 Å². The van der Waals surface area contributed by atoms with Crippen molar-refractivity contribution in [2.24, 2.45) is 11.8 Å². The zero-order valence-electron chi connectivity index (χ0n) is 16.9. The fraction of sp³-hybridized carbons (Fsp3) is 0.545. The van der Waals surface area contributed by atoms with Crippen LogP contribution in [0.3, 0.4) is 0 Å². The lowest BCUT2D eigenvalue weighted by molar-refractivity contribution is -0.127. The van der Waals surface area contributed by atoms with Gasteiger partial charge in [0.15, 0.2) is 0 Å². The molecule has 1 aliphatic carbocycles. The second-order valence-corrected chi connectivity index (χ2v) is 8.44. The second kappa shape index (κ2) is 8.76. The van der Waals surface area contributed by atoms with E-state index in [1.54, 1.807) is 17.2 Å². The van der Waals surface area contributed by atoms with Crippen molar-refractivity contribution in [3.05, 3.63) is 36.2 Å². The minimum Gasteiger partial charge on any atom is -0.353 e. The average molecular weight is 396 g/mol. The maximum atomic E-state index is 12.9. The number of nitrogens with one attached hydrogen (secondary N) is 2. The normalized spacial score (nSPS) is 24.9. The number of pyridine rings is 1. The van der Waals surface area contributed by atoms with Crippen LogP contribution in [0, 0.1) is 11.8 Å². The molecule has 4 rings (SSSR count). The summed E-state index contributed by atoms with van der Waals surface area (Å²) in [7, 11) is 0. The van der Waals surface area contributed by atoms with Crippen LogP contribution in [-0.2, 0) is 4.79 Å². The molecule has 2 aromatic rings. The van der Waals surface area contributed by atoms with Gasteiger partial charge in [-0.05, 0) is 62.6 Å². The molecular weight excluding hydrogens is 366 g/mol. The van der Waals surface area contributed by atoms with E-state index in [1.165, 1.54) is 12.8 Å². The summed E-state index contributed by atoms with van der Waals surface area (Å²) in [6.07, 6.45) is 7.86. The number of H-pyrrole nitrogens is 1. The van der Waals surface area contributed by atoms with Crippen molar-refractivity contribution >= 4 is 11.8 Å². The zero-order valence-corrected chi connectivity index (χ0v) is 16.9. The third-order valence-electron chi connectivity index (χ3n) is 6.18. The first kappa shape index (κ1) is 19.6. The molecule has 2 amide bonds. The van der Waals surface area contributed by atoms with Crippen molar-refractivity contribution < 1.29 is 9.59 Å². The number of rotatable bonds is 4. The van der Waals surface area contributed by atoms with Gasteiger partial charge >= 0.3 is 0 Å². The Morgan fingerprint density at radius 2 is 1.97 bits per heavy atom. The van der Waals surface area contributed by atoms with Crippen molar-refractivity contribution in [3.63, 3.8) is 0 Å². The third kappa shape index (κ3) is 4.66. The minimum absolute atomic E-state index is 0.0980. The summed E-state index contributed by atoms with van der Waals surface area (Å²) < 4.78 is 0. The van der Waals surface area contributed by atoms with Crippen molar-refractivity contribution in [2.75, 3.05) is 13.1 Å². The Kier molecular flexibility index (Phi) is 5.92. The Balaban J connectivity index is 1.36. The number of carbonyl (C=O) groups excluding carboxylic acids is 2. The van der Waals surface area contributed by atoms with E-state index >= 15 is 0 Å². The Hall–Kier alpha value is -2.70. The predicted molar refractivity (Wildman–Crippen MR) is 110 cm³/mol. The number of carbonyl (C=O) groups is 2. The van der Waals surface area contributed by atoms with E-state index in [9.17, 15) is 9.59 Å². The molecule has 7 nitrogen and oxygen atoms in total. The zero-order chi connectivity index (χ0) is 20.2. The fourth-order valence-electron chi connectivity index (χ4n) is 4.35. The van der Waals surface area contributed by atoms with Gasteiger partial charge in [-0.1, -0.05) is 13.0 Å². The van der Waals surface area contributed by atoms with Crippen LogP contribution in [-0.4, -0.2) is 51.0 Å². The maximum absolute atomic E-state index is 12.9. The molecule has 1 saturated heterocycles. The van der Waals surface area contributed by atoms with E-state index in [2.05, 4.69) is 27.4 Å². The second-order valence-electron chi connectivity index (χ2n) is 8.44. The van der Waals surface area contributed by atoms with Gasteiger partial charge in [0.1, 0.15) is 11.4 Å². The van der Waals surface area contributed by atoms with Crippen LogP contribution in [0.5, 0.6) is 0 Å². The molecule has 1 saturated carbocycles. The number of nitrogens with zero attached hydrogens (tertiary/aromatic N) is 3. The largest absolute Gasteiger partial charge is 0.353 e. The molecule has 2 fully saturated rings. The highest BCUT2D eigenvalue weighted by Crippen LogP contribution is 2.25. The number of likely N-dealkylation sites (tertiary alicyclic amines) is 1.